The second-order valence-electron chi connectivity index (χ2n) is 3.85. The fraction of sp³-hybridized carbons (Fsp3) is 0.500. The van der Waals surface area contributed by atoms with Crippen molar-refractivity contribution < 1.29 is 4.74 Å². The van der Waals surface area contributed by atoms with Crippen molar-refractivity contribution in [3.05, 3.63) is 17.8 Å². The Kier molecular flexibility index (Phi) is 3.08. The third-order valence-electron chi connectivity index (χ3n) is 2.45. The molecule has 0 amide bonds. The molecule has 0 saturated heterocycles. The molecule has 86 valence electrons. The number of aryl methyl sites for hydroxylation is 2. The molecule has 0 spiro atoms. The standard InChI is InChI=1S/C12H17N3O/c1-4-6-9-7-10-8-15(3)14-11(10)13-12(9)16-5-2/h7-8H,4-6H2,1-3H3. The lowest BCUT2D eigenvalue weighted by Gasteiger charge is -2.07. The van der Waals surface area contributed by atoms with Crippen molar-refractivity contribution in [2.75, 3.05) is 6.61 Å². The third kappa shape index (κ3) is 2.01. The van der Waals surface area contributed by atoms with E-state index in [4.69, 9.17) is 4.74 Å². The average molecular weight is 219 g/mol. The van der Waals surface area contributed by atoms with Gasteiger partial charge in [0.15, 0.2) is 5.65 Å². The molecule has 0 aliphatic carbocycles. The van der Waals surface area contributed by atoms with E-state index in [0.717, 1.165) is 29.8 Å². The van der Waals surface area contributed by atoms with Gasteiger partial charge in [-0.2, -0.15) is 10.1 Å². The van der Waals surface area contributed by atoms with E-state index in [2.05, 4.69) is 23.1 Å². The number of aromatic nitrogens is 3. The number of fused-ring (bicyclic) bond motifs is 1. The summed E-state index contributed by atoms with van der Waals surface area (Å²) >= 11 is 0. The normalized spacial score (nSPS) is 10.9. The lowest BCUT2D eigenvalue weighted by atomic mass is 10.1. The monoisotopic (exact) mass is 219 g/mol. The highest BCUT2D eigenvalue weighted by atomic mass is 16.5. The summed E-state index contributed by atoms with van der Waals surface area (Å²) in [6, 6.07) is 2.13. The molecule has 0 aliphatic heterocycles. The van der Waals surface area contributed by atoms with Gasteiger partial charge in [-0.1, -0.05) is 13.3 Å². The Labute approximate surface area is 95.2 Å². The summed E-state index contributed by atoms with van der Waals surface area (Å²) in [5, 5.41) is 5.36. The van der Waals surface area contributed by atoms with Gasteiger partial charge in [0.1, 0.15) is 0 Å². The van der Waals surface area contributed by atoms with E-state index in [1.165, 1.54) is 5.56 Å². The van der Waals surface area contributed by atoms with Gasteiger partial charge in [0.2, 0.25) is 5.88 Å². The molecule has 0 N–H and O–H groups in total. The highest BCUT2D eigenvalue weighted by Crippen LogP contribution is 2.22. The predicted molar refractivity (Wildman–Crippen MR) is 63.7 cm³/mol. The van der Waals surface area contributed by atoms with Gasteiger partial charge >= 0.3 is 0 Å². The highest BCUT2D eigenvalue weighted by molar-refractivity contribution is 5.75. The molecule has 2 aromatic rings. The number of hydrogen-bond acceptors (Lipinski definition) is 3. The van der Waals surface area contributed by atoms with Crippen LogP contribution in [0, 0.1) is 0 Å². The van der Waals surface area contributed by atoms with Crippen molar-refractivity contribution in [2.24, 2.45) is 7.05 Å². The van der Waals surface area contributed by atoms with E-state index < -0.39 is 0 Å². The van der Waals surface area contributed by atoms with Crippen LogP contribution in [0.4, 0.5) is 0 Å². The Morgan fingerprint density at radius 2 is 2.19 bits per heavy atom. The number of pyridine rings is 1. The van der Waals surface area contributed by atoms with Crippen molar-refractivity contribution >= 4 is 11.0 Å². The molecule has 0 atom stereocenters. The lowest BCUT2D eigenvalue weighted by Crippen LogP contribution is -1.99. The molecule has 0 radical (unpaired) electrons. The van der Waals surface area contributed by atoms with Crippen LogP contribution in [0.2, 0.25) is 0 Å². The minimum atomic E-state index is 0.641. The molecule has 0 aliphatic rings. The lowest BCUT2D eigenvalue weighted by molar-refractivity contribution is 0.324. The van der Waals surface area contributed by atoms with Gasteiger partial charge in [-0.05, 0) is 19.4 Å². The van der Waals surface area contributed by atoms with Crippen LogP contribution in [0.5, 0.6) is 5.88 Å². The van der Waals surface area contributed by atoms with Crippen LogP contribution >= 0.6 is 0 Å². The molecule has 2 aromatic heterocycles. The molecule has 0 aromatic carbocycles. The molecule has 2 rings (SSSR count). The first kappa shape index (κ1) is 10.9. The number of rotatable bonds is 4. The van der Waals surface area contributed by atoms with Crippen molar-refractivity contribution in [3.63, 3.8) is 0 Å². The van der Waals surface area contributed by atoms with E-state index in [0.29, 0.717) is 6.61 Å². The van der Waals surface area contributed by atoms with Crippen LogP contribution in [-0.4, -0.2) is 21.4 Å². The molecule has 4 heteroatoms. The van der Waals surface area contributed by atoms with E-state index >= 15 is 0 Å². The van der Waals surface area contributed by atoms with E-state index in [1.807, 2.05) is 20.2 Å². The quantitative estimate of drug-likeness (QED) is 0.792. The maximum atomic E-state index is 5.55. The van der Waals surface area contributed by atoms with E-state index in [9.17, 15) is 0 Å². The molecule has 2 heterocycles. The number of ether oxygens (including phenoxy) is 1. The first-order chi connectivity index (χ1) is 7.74. The van der Waals surface area contributed by atoms with Gasteiger partial charge in [0, 0.05) is 24.2 Å². The Hall–Kier alpha value is -1.58. The molecular formula is C12H17N3O. The fourth-order valence-corrected chi connectivity index (χ4v) is 1.81. The zero-order valence-corrected chi connectivity index (χ0v) is 10.0. The zero-order valence-electron chi connectivity index (χ0n) is 10.0. The van der Waals surface area contributed by atoms with Gasteiger partial charge in [-0.15, -0.1) is 0 Å². The van der Waals surface area contributed by atoms with E-state index in [-0.39, 0.29) is 0 Å². The van der Waals surface area contributed by atoms with Gasteiger partial charge in [0.25, 0.3) is 0 Å². The number of nitrogens with zero attached hydrogens (tertiary/aromatic N) is 3. The average Bonchev–Trinajstić information content (AvgIpc) is 2.58. The Morgan fingerprint density at radius 1 is 1.38 bits per heavy atom. The summed E-state index contributed by atoms with van der Waals surface area (Å²) in [4.78, 5) is 4.45. The molecule has 0 bridgehead atoms. The van der Waals surface area contributed by atoms with Gasteiger partial charge in [-0.25, -0.2) is 0 Å². The molecule has 0 unspecified atom stereocenters. The summed E-state index contributed by atoms with van der Waals surface area (Å²) in [7, 11) is 1.90. The number of hydrogen-bond donors (Lipinski definition) is 0. The molecule has 0 fully saturated rings. The van der Waals surface area contributed by atoms with Crippen LogP contribution in [-0.2, 0) is 13.5 Å². The minimum absolute atomic E-state index is 0.641. The first-order valence-corrected chi connectivity index (χ1v) is 5.70. The SMILES string of the molecule is CCCc1cc2cn(C)nc2nc1OCC. The maximum Gasteiger partial charge on any atom is 0.218 e. The van der Waals surface area contributed by atoms with Crippen LogP contribution in [0.15, 0.2) is 12.3 Å². The van der Waals surface area contributed by atoms with Crippen molar-refractivity contribution in [3.8, 4) is 5.88 Å². The fourth-order valence-electron chi connectivity index (χ4n) is 1.81. The summed E-state index contributed by atoms with van der Waals surface area (Å²) < 4.78 is 7.33. The van der Waals surface area contributed by atoms with Crippen LogP contribution < -0.4 is 4.74 Å². The van der Waals surface area contributed by atoms with Gasteiger partial charge in [-0.3, -0.25) is 4.68 Å². The molecular weight excluding hydrogens is 202 g/mol. The molecule has 16 heavy (non-hydrogen) atoms. The Bertz CT molecular complexity index is 447. The van der Waals surface area contributed by atoms with Crippen molar-refractivity contribution in [2.45, 2.75) is 26.7 Å². The van der Waals surface area contributed by atoms with Crippen molar-refractivity contribution in [1.82, 2.24) is 14.8 Å². The van der Waals surface area contributed by atoms with Crippen LogP contribution in [0.1, 0.15) is 25.8 Å². The molecule has 0 saturated carbocycles. The van der Waals surface area contributed by atoms with Gasteiger partial charge in [0.05, 0.1) is 6.61 Å². The molecule has 4 nitrogen and oxygen atoms in total. The smallest absolute Gasteiger partial charge is 0.218 e. The Balaban J connectivity index is 2.51. The summed E-state index contributed by atoms with van der Waals surface area (Å²) in [6.07, 6.45) is 4.07. The maximum absolute atomic E-state index is 5.55. The summed E-state index contributed by atoms with van der Waals surface area (Å²) in [6.45, 7) is 4.77. The van der Waals surface area contributed by atoms with Gasteiger partial charge < -0.3 is 4.74 Å². The topological polar surface area (TPSA) is 39.9 Å². The first-order valence-electron chi connectivity index (χ1n) is 5.70. The second-order valence-corrected chi connectivity index (χ2v) is 3.85. The predicted octanol–water partition coefficient (Wildman–Crippen LogP) is 2.32. The summed E-state index contributed by atoms with van der Waals surface area (Å²) in [5.74, 6) is 0.732. The zero-order chi connectivity index (χ0) is 11.5. The summed E-state index contributed by atoms with van der Waals surface area (Å²) in [5.41, 5.74) is 1.93. The highest BCUT2D eigenvalue weighted by Gasteiger charge is 2.09. The largest absolute Gasteiger partial charge is 0.478 e. The minimum Gasteiger partial charge on any atom is -0.478 e. The van der Waals surface area contributed by atoms with Crippen LogP contribution in [0.25, 0.3) is 11.0 Å². The van der Waals surface area contributed by atoms with Crippen LogP contribution in [0.3, 0.4) is 0 Å². The van der Waals surface area contributed by atoms with Crippen molar-refractivity contribution in [1.29, 1.82) is 0 Å². The third-order valence-corrected chi connectivity index (χ3v) is 2.45. The second kappa shape index (κ2) is 4.51. The van der Waals surface area contributed by atoms with E-state index in [1.54, 1.807) is 4.68 Å². The Morgan fingerprint density at radius 3 is 2.88 bits per heavy atom.